The number of fused-ring (bicyclic) bond motifs is 1. The van der Waals surface area contributed by atoms with E-state index in [0.29, 0.717) is 12.8 Å². The van der Waals surface area contributed by atoms with Gasteiger partial charge < -0.3 is 57.4 Å². The van der Waals surface area contributed by atoms with Gasteiger partial charge in [-0.2, -0.15) is 0 Å². The van der Waals surface area contributed by atoms with Crippen molar-refractivity contribution < 1.29 is 61.7 Å². The molecule has 17 nitrogen and oxygen atoms in total. The lowest BCUT2D eigenvalue weighted by Gasteiger charge is -2.50. The van der Waals surface area contributed by atoms with Gasteiger partial charge in [0.05, 0.1) is 57.9 Å². The normalized spacial score (nSPS) is 32.2. The highest BCUT2D eigenvalue weighted by molar-refractivity contribution is 5.75. The summed E-state index contributed by atoms with van der Waals surface area (Å²) in [5.74, 6) is -0.810. The van der Waals surface area contributed by atoms with E-state index >= 15 is 0 Å². The number of carbonyl (C=O) groups excluding carboxylic acids is 2. The second-order valence-electron chi connectivity index (χ2n) is 17.2. The summed E-state index contributed by atoms with van der Waals surface area (Å²) < 4.78 is 72.0. The van der Waals surface area contributed by atoms with Crippen LogP contribution in [0.5, 0.6) is 0 Å². The van der Waals surface area contributed by atoms with Crippen molar-refractivity contribution in [2.45, 2.75) is 152 Å². The van der Waals surface area contributed by atoms with Crippen LogP contribution in [0.25, 0.3) is 10.4 Å². The Kier molecular flexibility index (Phi) is 17.1. The van der Waals surface area contributed by atoms with Gasteiger partial charge in [0, 0.05) is 4.91 Å². The number of methoxy groups -OCH3 is 1. The number of nitrogens with zero attached hydrogens (tertiary/aromatic N) is 3. The molecule has 8 rings (SSSR count). The molecule has 1 amide bonds. The quantitative estimate of drug-likeness (QED) is 0.0397. The first-order valence-corrected chi connectivity index (χ1v) is 23.3. The molecule has 17 heteroatoms. The summed E-state index contributed by atoms with van der Waals surface area (Å²) in [6.07, 6.45) is -12.3. The van der Waals surface area contributed by atoms with Gasteiger partial charge in [0.1, 0.15) is 42.7 Å². The highest BCUT2D eigenvalue weighted by atomic mass is 16.8. The molecule has 4 aromatic carbocycles. The zero-order valence-electron chi connectivity index (χ0n) is 38.6. The van der Waals surface area contributed by atoms with Crippen LogP contribution in [0.3, 0.4) is 0 Å². The van der Waals surface area contributed by atoms with E-state index in [0.717, 1.165) is 22.3 Å². The van der Waals surface area contributed by atoms with E-state index in [4.69, 9.17) is 52.1 Å². The lowest BCUT2D eigenvalue weighted by Crippen LogP contribution is -2.67. The predicted octanol–water partition coefficient (Wildman–Crippen LogP) is 7.48. The molecule has 68 heavy (non-hydrogen) atoms. The monoisotopic (exact) mass is 936 g/mol. The van der Waals surface area contributed by atoms with Gasteiger partial charge in [0.25, 0.3) is 0 Å². The minimum absolute atomic E-state index is 0.0478. The van der Waals surface area contributed by atoms with Crippen molar-refractivity contribution in [2.24, 2.45) is 5.11 Å². The van der Waals surface area contributed by atoms with E-state index in [1.165, 1.54) is 7.11 Å². The summed E-state index contributed by atoms with van der Waals surface area (Å²) in [5.41, 5.74) is 13.7. The molecular formula is C51H60N4O13. The number of ether oxygens (including phenoxy) is 11. The van der Waals surface area contributed by atoms with Crippen molar-refractivity contribution in [1.82, 2.24) is 5.32 Å². The van der Waals surface area contributed by atoms with Crippen LogP contribution in [0.4, 0.5) is 4.79 Å². The Labute approximate surface area is 396 Å². The zero-order chi connectivity index (χ0) is 47.4. The third-order valence-electron chi connectivity index (χ3n) is 12.7. The second-order valence-corrected chi connectivity index (χ2v) is 17.2. The average Bonchev–Trinajstić information content (AvgIpc) is 3.78. The van der Waals surface area contributed by atoms with Gasteiger partial charge in [-0.1, -0.05) is 140 Å². The fraction of sp³-hybridized carbons (Fsp3) is 0.490. The molecular weight excluding hydrogens is 877 g/mol. The molecule has 0 spiro atoms. The largest absolute Gasteiger partial charge is 0.467 e. The maximum atomic E-state index is 14.2. The van der Waals surface area contributed by atoms with Crippen LogP contribution in [0.2, 0.25) is 0 Å². The first-order valence-electron chi connectivity index (χ1n) is 23.3. The molecule has 15 atom stereocenters. The van der Waals surface area contributed by atoms with Crippen LogP contribution < -0.4 is 5.32 Å². The molecule has 0 aliphatic carbocycles. The second kappa shape index (κ2) is 23.7. The number of benzene rings is 4. The van der Waals surface area contributed by atoms with Crippen molar-refractivity contribution in [3.63, 3.8) is 0 Å². The summed E-state index contributed by atoms with van der Waals surface area (Å²) in [4.78, 5) is 30.2. The topological polar surface area (TPSA) is 196 Å². The van der Waals surface area contributed by atoms with E-state index in [1.54, 1.807) is 0 Å². The Morgan fingerprint density at radius 2 is 1.09 bits per heavy atom. The molecule has 4 saturated heterocycles. The Hall–Kier alpha value is -5.43. The fourth-order valence-electron chi connectivity index (χ4n) is 9.27. The molecule has 0 radical (unpaired) electrons. The maximum absolute atomic E-state index is 14.2. The molecule has 0 bridgehead atoms. The summed E-state index contributed by atoms with van der Waals surface area (Å²) in [7, 11) is 1.24. The first kappa shape index (κ1) is 49.0. The first-order chi connectivity index (χ1) is 33.3. The van der Waals surface area contributed by atoms with Gasteiger partial charge in [0.2, 0.25) is 0 Å². The summed E-state index contributed by atoms with van der Waals surface area (Å²) >= 11 is 0. The fourth-order valence-corrected chi connectivity index (χ4v) is 9.27. The molecule has 0 aromatic heterocycles. The SMILES string of the molecule is CCC1O[C@@H](C)[C@H]2NC(=O)OC2[C@@H]1O[C@@H]1OC(C(=O)OC)[C@@H](O[C@H]2OC(CC)[C@@H](OCc3ccccc3)[C@H](OCc3ccccc3)C2N=[N+]=[N-])[C@@H](OCc2ccccc2)C1OCc1ccccc1. The number of nitrogens with one attached hydrogen (secondary N) is 1. The molecule has 4 fully saturated rings. The number of hydrogen-bond acceptors (Lipinski definition) is 14. The molecule has 4 heterocycles. The number of alkyl carbamates (subject to hydrolysis) is 1. The number of esters is 1. The molecule has 4 aliphatic heterocycles. The van der Waals surface area contributed by atoms with Gasteiger partial charge in [-0.3, -0.25) is 0 Å². The van der Waals surface area contributed by atoms with Crippen LogP contribution in [-0.4, -0.2) is 111 Å². The Morgan fingerprint density at radius 1 is 0.618 bits per heavy atom. The lowest BCUT2D eigenvalue weighted by molar-refractivity contribution is -0.365. The standard InChI is InChI=1S/C51H60N4O13/c1-5-36-40(59-27-32-19-11-7-12-20-32)42(60-28-33-21-13-8-14-22-33)39(54-55-52)49(64-36)66-45-44(61-29-34-23-15-9-16-24-34)47(62-30-35-25-17-10-18-26-35)50(67-46(45)48(56)58-4)65-41-37(6-2)63-31(3)38-43(41)68-51(57)53-38/h7-26,31,36-47,49-50H,5-6,27-30H2,1-4H3,(H,53,57)/t31-,36?,37?,38+,39?,40+,41+,42+,43?,44+,45-,46?,47?,49+,50+/m0/s1. The van der Waals surface area contributed by atoms with Crippen LogP contribution in [-0.2, 0) is 83.3 Å². The van der Waals surface area contributed by atoms with Crippen LogP contribution >= 0.6 is 0 Å². The molecule has 362 valence electrons. The highest BCUT2D eigenvalue weighted by Crippen LogP contribution is 2.39. The van der Waals surface area contributed by atoms with E-state index in [1.807, 2.05) is 142 Å². The van der Waals surface area contributed by atoms with Crippen molar-refractivity contribution in [2.75, 3.05) is 7.11 Å². The molecule has 1 N–H and O–H groups in total. The third-order valence-corrected chi connectivity index (χ3v) is 12.7. The van der Waals surface area contributed by atoms with Crippen LogP contribution in [0, 0.1) is 0 Å². The van der Waals surface area contributed by atoms with Gasteiger partial charge in [-0.05, 0) is 47.6 Å². The minimum Gasteiger partial charge on any atom is -0.467 e. The number of carbonyl (C=O) groups is 2. The molecule has 6 unspecified atom stereocenters. The minimum atomic E-state index is -1.53. The Balaban J connectivity index is 1.18. The zero-order valence-corrected chi connectivity index (χ0v) is 38.6. The molecule has 0 saturated carbocycles. The van der Waals surface area contributed by atoms with E-state index in [9.17, 15) is 15.1 Å². The van der Waals surface area contributed by atoms with Gasteiger partial charge >= 0.3 is 12.1 Å². The lowest BCUT2D eigenvalue weighted by atomic mass is 9.92. The summed E-state index contributed by atoms with van der Waals surface area (Å²) in [6.45, 7) is 6.26. The average molecular weight is 937 g/mol. The van der Waals surface area contributed by atoms with Gasteiger partial charge in [-0.15, -0.1) is 0 Å². The highest BCUT2D eigenvalue weighted by Gasteiger charge is 2.58. The van der Waals surface area contributed by atoms with Crippen molar-refractivity contribution >= 4 is 12.1 Å². The Bertz CT molecular complexity index is 2240. The number of amides is 1. The molecule has 4 aromatic rings. The van der Waals surface area contributed by atoms with E-state index < -0.39 is 97.8 Å². The van der Waals surface area contributed by atoms with Crippen molar-refractivity contribution in [3.8, 4) is 0 Å². The number of hydrogen-bond donors (Lipinski definition) is 1. The predicted molar refractivity (Wildman–Crippen MR) is 244 cm³/mol. The molecule has 4 aliphatic rings. The Morgan fingerprint density at radius 3 is 1.59 bits per heavy atom. The smallest absolute Gasteiger partial charge is 0.408 e. The van der Waals surface area contributed by atoms with E-state index in [2.05, 4.69) is 15.3 Å². The number of rotatable bonds is 20. The maximum Gasteiger partial charge on any atom is 0.408 e. The van der Waals surface area contributed by atoms with Crippen LogP contribution in [0.15, 0.2) is 126 Å². The van der Waals surface area contributed by atoms with Crippen LogP contribution in [0.1, 0.15) is 55.9 Å². The summed E-state index contributed by atoms with van der Waals surface area (Å²) in [6, 6.07) is 36.7. The summed E-state index contributed by atoms with van der Waals surface area (Å²) in [5, 5.41) is 7.12. The van der Waals surface area contributed by atoms with Gasteiger partial charge in [-0.25, -0.2) is 9.59 Å². The van der Waals surface area contributed by atoms with Crippen molar-refractivity contribution in [1.29, 1.82) is 0 Å². The number of azide groups is 1. The van der Waals surface area contributed by atoms with E-state index in [-0.39, 0.29) is 32.5 Å². The van der Waals surface area contributed by atoms with Crippen molar-refractivity contribution in [3.05, 3.63) is 154 Å². The third kappa shape index (κ3) is 11.7. The van der Waals surface area contributed by atoms with Gasteiger partial charge in [0.15, 0.2) is 24.8 Å².